The van der Waals surface area contributed by atoms with Gasteiger partial charge in [0.05, 0.1) is 6.04 Å². The van der Waals surface area contributed by atoms with E-state index in [9.17, 15) is 4.79 Å². The molecule has 22 heavy (non-hydrogen) atoms. The maximum atomic E-state index is 12.5. The molecule has 1 N–H and O–H groups in total. The summed E-state index contributed by atoms with van der Waals surface area (Å²) in [6.07, 6.45) is 1.06. The number of thioether (sulfide) groups is 1. The Morgan fingerprint density at radius 3 is 2.82 bits per heavy atom. The average Bonchev–Trinajstić information content (AvgIpc) is 2.71. The van der Waals surface area contributed by atoms with E-state index in [1.165, 1.54) is 0 Å². The predicted octanol–water partition coefficient (Wildman–Crippen LogP) is 2.92. The first-order valence-corrected chi connectivity index (χ1v) is 9.11. The highest BCUT2D eigenvalue weighted by Gasteiger charge is 2.25. The Kier molecular flexibility index (Phi) is 6.86. The number of benzene rings is 1. The lowest BCUT2D eigenvalue weighted by atomic mass is 10.2. The van der Waals surface area contributed by atoms with Crippen molar-refractivity contribution in [2.45, 2.75) is 19.0 Å². The number of rotatable bonds is 4. The highest BCUT2D eigenvalue weighted by molar-refractivity contribution is 7.99. The number of hydrogen-bond donors (Lipinski definition) is 1. The fourth-order valence-corrected chi connectivity index (χ4v) is 3.73. The first-order chi connectivity index (χ1) is 10.6. The molecule has 1 aromatic rings. The third-order valence-electron chi connectivity index (χ3n) is 3.63. The van der Waals surface area contributed by atoms with Gasteiger partial charge in [-0.1, -0.05) is 23.7 Å². The van der Waals surface area contributed by atoms with Gasteiger partial charge in [-0.2, -0.15) is 11.8 Å². The molecule has 1 fully saturated rings. The van der Waals surface area contributed by atoms with Crippen LogP contribution in [0.25, 0.3) is 0 Å². The second-order valence-corrected chi connectivity index (χ2v) is 7.41. The van der Waals surface area contributed by atoms with Crippen LogP contribution >= 0.6 is 23.4 Å². The number of hydrogen-bond acceptors (Lipinski definition) is 3. The summed E-state index contributed by atoms with van der Waals surface area (Å²) in [6, 6.07) is 7.88. The Labute approximate surface area is 142 Å². The van der Waals surface area contributed by atoms with Crippen molar-refractivity contribution in [2.75, 3.05) is 38.7 Å². The zero-order chi connectivity index (χ0) is 15.9. The molecule has 1 heterocycles. The van der Waals surface area contributed by atoms with Gasteiger partial charge in [0.1, 0.15) is 0 Å². The molecule has 0 saturated carbocycles. The summed E-state index contributed by atoms with van der Waals surface area (Å²) < 4.78 is 0. The molecular weight excluding hydrogens is 318 g/mol. The van der Waals surface area contributed by atoms with E-state index in [1.807, 2.05) is 40.9 Å². The molecule has 6 heteroatoms. The van der Waals surface area contributed by atoms with Gasteiger partial charge in [0.15, 0.2) is 0 Å². The molecule has 1 aliphatic heterocycles. The summed E-state index contributed by atoms with van der Waals surface area (Å²) in [5, 5.41) is 3.75. The minimum atomic E-state index is 0.0318. The number of nitrogens with zero attached hydrogens (tertiary/aromatic N) is 2. The molecule has 1 aromatic carbocycles. The summed E-state index contributed by atoms with van der Waals surface area (Å²) in [5.41, 5.74) is 1.06. The second-order valence-electron chi connectivity index (χ2n) is 5.82. The fraction of sp³-hybridized carbons (Fsp3) is 0.562. The molecule has 1 aliphatic rings. The molecular formula is C16H24ClN3OS. The van der Waals surface area contributed by atoms with Crippen molar-refractivity contribution >= 4 is 29.4 Å². The summed E-state index contributed by atoms with van der Waals surface area (Å²) in [7, 11) is 4.11. The van der Waals surface area contributed by atoms with Crippen LogP contribution in [0.2, 0.25) is 5.02 Å². The SMILES string of the molecule is CN(C)C[C@H]1CSCCCN1C(=O)NCc1ccc(Cl)cc1. The summed E-state index contributed by atoms with van der Waals surface area (Å²) in [5.74, 6) is 2.14. The minimum Gasteiger partial charge on any atom is -0.334 e. The third-order valence-corrected chi connectivity index (χ3v) is 5.08. The highest BCUT2D eigenvalue weighted by Crippen LogP contribution is 2.17. The number of amides is 2. The van der Waals surface area contributed by atoms with E-state index < -0.39 is 0 Å². The smallest absolute Gasteiger partial charge is 0.317 e. The van der Waals surface area contributed by atoms with Gasteiger partial charge in [-0.25, -0.2) is 4.79 Å². The second kappa shape index (κ2) is 8.65. The number of urea groups is 1. The normalized spacial score (nSPS) is 19.1. The minimum absolute atomic E-state index is 0.0318. The van der Waals surface area contributed by atoms with E-state index in [-0.39, 0.29) is 12.1 Å². The van der Waals surface area contributed by atoms with Crippen molar-refractivity contribution in [3.05, 3.63) is 34.9 Å². The standard InChI is InChI=1S/C16H24ClN3OS/c1-19(2)11-15-12-22-9-3-8-20(15)16(21)18-10-13-4-6-14(17)7-5-13/h4-7,15H,3,8-12H2,1-2H3,(H,18,21)/t15-/m0/s1. The molecule has 2 rings (SSSR count). The van der Waals surface area contributed by atoms with Crippen molar-refractivity contribution in [3.63, 3.8) is 0 Å². The quantitative estimate of drug-likeness (QED) is 0.914. The van der Waals surface area contributed by atoms with Gasteiger partial charge in [-0.05, 0) is 44.0 Å². The first kappa shape index (κ1) is 17.4. The van der Waals surface area contributed by atoms with Crippen molar-refractivity contribution in [3.8, 4) is 0 Å². The van der Waals surface area contributed by atoms with Gasteiger partial charge >= 0.3 is 6.03 Å². The number of carbonyl (C=O) groups is 1. The van der Waals surface area contributed by atoms with Crippen LogP contribution in [-0.2, 0) is 6.54 Å². The van der Waals surface area contributed by atoms with Crippen LogP contribution in [0.1, 0.15) is 12.0 Å². The lowest BCUT2D eigenvalue weighted by Crippen LogP contribution is -2.50. The van der Waals surface area contributed by atoms with E-state index in [0.717, 1.165) is 36.6 Å². The topological polar surface area (TPSA) is 35.6 Å². The number of carbonyl (C=O) groups excluding carboxylic acids is 1. The average molecular weight is 342 g/mol. The third kappa shape index (κ3) is 5.38. The van der Waals surface area contributed by atoms with Gasteiger partial charge in [0.25, 0.3) is 0 Å². The monoisotopic (exact) mass is 341 g/mol. The summed E-state index contributed by atoms with van der Waals surface area (Å²) in [4.78, 5) is 16.7. The van der Waals surface area contributed by atoms with Crippen LogP contribution in [0.3, 0.4) is 0 Å². The Morgan fingerprint density at radius 1 is 1.41 bits per heavy atom. The Bertz CT molecular complexity index is 481. The van der Waals surface area contributed by atoms with E-state index in [2.05, 4.69) is 24.3 Å². The molecule has 0 unspecified atom stereocenters. The number of likely N-dealkylation sites (N-methyl/N-ethyl adjacent to an activating group) is 1. The van der Waals surface area contributed by atoms with Crippen LogP contribution in [0.5, 0.6) is 0 Å². The number of halogens is 1. The lowest BCUT2D eigenvalue weighted by molar-refractivity contribution is 0.168. The fourth-order valence-electron chi connectivity index (χ4n) is 2.55. The molecule has 0 spiro atoms. The molecule has 1 saturated heterocycles. The molecule has 0 radical (unpaired) electrons. The Balaban J connectivity index is 1.93. The van der Waals surface area contributed by atoms with E-state index in [4.69, 9.17) is 11.6 Å². The maximum Gasteiger partial charge on any atom is 0.317 e. The molecule has 122 valence electrons. The molecule has 0 aliphatic carbocycles. The first-order valence-electron chi connectivity index (χ1n) is 7.57. The summed E-state index contributed by atoms with van der Waals surface area (Å²) >= 11 is 7.82. The van der Waals surface area contributed by atoms with Crippen LogP contribution in [0, 0.1) is 0 Å². The van der Waals surface area contributed by atoms with Crippen LogP contribution in [-0.4, -0.2) is 60.6 Å². The van der Waals surface area contributed by atoms with Gasteiger partial charge < -0.3 is 15.1 Å². The maximum absolute atomic E-state index is 12.5. The van der Waals surface area contributed by atoms with Gasteiger partial charge in [0, 0.05) is 30.4 Å². The van der Waals surface area contributed by atoms with E-state index in [1.54, 1.807) is 0 Å². The van der Waals surface area contributed by atoms with Crippen molar-refractivity contribution in [2.24, 2.45) is 0 Å². The van der Waals surface area contributed by atoms with Gasteiger partial charge in [-0.15, -0.1) is 0 Å². The largest absolute Gasteiger partial charge is 0.334 e. The van der Waals surface area contributed by atoms with Crippen molar-refractivity contribution < 1.29 is 4.79 Å². The van der Waals surface area contributed by atoms with Crippen molar-refractivity contribution in [1.82, 2.24) is 15.1 Å². The summed E-state index contributed by atoms with van der Waals surface area (Å²) in [6.45, 7) is 2.27. The Hall–Kier alpha value is -0.910. The molecule has 0 aromatic heterocycles. The van der Waals surface area contributed by atoms with Crippen LogP contribution in [0.15, 0.2) is 24.3 Å². The molecule has 2 amide bonds. The lowest BCUT2D eigenvalue weighted by Gasteiger charge is -2.31. The van der Waals surface area contributed by atoms with Crippen LogP contribution < -0.4 is 5.32 Å². The van der Waals surface area contributed by atoms with E-state index >= 15 is 0 Å². The van der Waals surface area contributed by atoms with Crippen molar-refractivity contribution in [1.29, 1.82) is 0 Å². The zero-order valence-electron chi connectivity index (χ0n) is 13.2. The number of nitrogens with one attached hydrogen (secondary N) is 1. The van der Waals surface area contributed by atoms with Gasteiger partial charge in [0.2, 0.25) is 0 Å². The molecule has 0 bridgehead atoms. The highest BCUT2D eigenvalue weighted by atomic mass is 35.5. The predicted molar refractivity (Wildman–Crippen MR) is 94.7 cm³/mol. The molecule has 1 atom stereocenters. The van der Waals surface area contributed by atoms with Gasteiger partial charge in [-0.3, -0.25) is 0 Å². The molecule has 4 nitrogen and oxygen atoms in total. The van der Waals surface area contributed by atoms with E-state index in [0.29, 0.717) is 11.6 Å². The zero-order valence-corrected chi connectivity index (χ0v) is 14.8. The Morgan fingerprint density at radius 2 is 2.14 bits per heavy atom. The van der Waals surface area contributed by atoms with Crippen LogP contribution in [0.4, 0.5) is 4.79 Å².